The fourth-order valence-corrected chi connectivity index (χ4v) is 2.23. The second-order valence-corrected chi connectivity index (χ2v) is 6.57. The van der Waals surface area contributed by atoms with Crippen molar-refractivity contribution in [2.75, 3.05) is 12.3 Å². The summed E-state index contributed by atoms with van der Waals surface area (Å²) in [5.41, 5.74) is 9.63. The van der Waals surface area contributed by atoms with Crippen molar-refractivity contribution in [1.82, 2.24) is 5.32 Å². The van der Waals surface area contributed by atoms with Crippen molar-refractivity contribution in [2.24, 2.45) is 0 Å². The molecule has 2 aromatic rings. The van der Waals surface area contributed by atoms with Gasteiger partial charge in [0.2, 0.25) is 0 Å². The highest BCUT2D eigenvalue weighted by atomic mass is 35.5. The van der Waals surface area contributed by atoms with Crippen molar-refractivity contribution < 1.29 is 4.79 Å². The van der Waals surface area contributed by atoms with Crippen molar-refractivity contribution >= 4 is 24.0 Å². The number of nitrogens with two attached hydrogens (primary N) is 1. The zero-order chi connectivity index (χ0) is 16.2. The van der Waals surface area contributed by atoms with E-state index < -0.39 is 0 Å². The SMILES string of the molecule is CC(C)(C)c1ccc(CCNC(=O)c2ccc(N)cc2)cc1.Cl. The summed E-state index contributed by atoms with van der Waals surface area (Å²) in [6.45, 7) is 7.23. The van der Waals surface area contributed by atoms with Gasteiger partial charge in [-0.3, -0.25) is 4.79 Å². The lowest BCUT2D eigenvalue weighted by Gasteiger charge is -2.19. The number of hydrogen-bond donors (Lipinski definition) is 2. The Bertz CT molecular complexity index is 628. The summed E-state index contributed by atoms with van der Waals surface area (Å²) in [6, 6.07) is 15.5. The number of amides is 1. The van der Waals surface area contributed by atoms with Gasteiger partial charge in [-0.15, -0.1) is 12.4 Å². The van der Waals surface area contributed by atoms with E-state index in [0.29, 0.717) is 17.8 Å². The topological polar surface area (TPSA) is 55.1 Å². The Labute approximate surface area is 144 Å². The fourth-order valence-electron chi connectivity index (χ4n) is 2.23. The average molecular weight is 333 g/mol. The summed E-state index contributed by atoms with van der Waals surface area (Å²) in [5, 5.41) is 2.93. The predicted molar refractivity (Wildman–Crippen MR) is 99.3 cm³/mol. The van der Waals surface area contributed by atoms with E-state index in [2.05, 4.69) is 50.4 Å². The first-order valence-electron chi connectivity index (χ1n) is 7.59. The Balaban J connectivity index is 0.00000264. The number of benzene rings is 2. The van der Waals surface area contributed by atoms with E-state index in [9.17, 15) is 4.79 Å². The molecule has 0 saturated heterocycles. The first-order valence-corrected chi connectivity index (χ1v) is 7.59. The molecule has 2 rings (SSSR count). The zero-order valence-corrected chi connectivity index (χ0v) is 14.7. The van der Waals surface area contributed by atoms with Crippen LogP contribution in [0, 0.1) is 0 Å². The maximum Gasteiger partial charge on any atom is 0.251 e. The average Bonchev–Trinajstić information content (AvgIpc) is 2.47. The van der Waals surface area contributed by atoms with Crippen LogP contribution in [0.2, 0.25) is 0 Å². The van der Waals surface area contributed by atoms with Crippen LogP contribution in [0.3, 0.4) is 0 Å². The highest BCUT2D eigenvalue weighted by Gasteiger charge is 2.12. The number of carbonyl (C=O) groups excluding carboxylic acids is 1. The summed E-state index contributed by atoms with van der Waals surface area (Å²) < 4.78 is 0. The van der Waals surface area contributed by atoms with Gasteiger partial charge in [-0.1, -0.05) is 45.0 Å². The second-order valence-electron chi connectivity index (χ2n) is 6.57. The van der Waals surface area contributed by atoms with E-state index >= 15 is 0 Å². The number of halogens is 1. The minimum absolute atomic E-state index is 0. The van der Waals surface area contributed by atoms with E-state index in [1.165, 1.54) is 11.1 Å². The Kier molecular flexibility index (Phi) is 6.64. The van der Waals surface area contributed by atoms with Gasteiger partial charge in [-0.2, -0.15) is 0 Å². The number of nitrogen functional groups attached to an aromatic ring is 1. The Hall–Kier alpha value is -2.00. The summed E-state index contributed by atoms with van der Waals surface area (Å²) in [7, 11) is 0. The number of rotatable bonds is 4. The molecule has 0 saturated carbocycles. The van der Waals surface area contributed by atoms with Gasteiger partial charge in [-0.25, -0.2) is 0 Å². The summed E-state index contributed by atoms with van der Waals surface area (Å²) in [6.07, 6.45) is 0.825. The van der Waals surface area contributed by atoms with Crippen LogP contribution in [-0.4, -0.2) is 12.5 Å². The molecule has 0 spiro atoms. The van der Waals surface area contributed by atoms with E-state index in [0.717, 1.165) is 6.42 Å². The third kappa shape index (κ3) is 5.61. The molecule has 0 radical (unpaired) electrons. The van der Waals surface area contributed by atoms with Crippen molar-refractivity contribution in [1.29, 1.82) is 0 Å². The number of carbonyl (C=O) groups is 1. The molecule has 0 heterocycles. The molecule has 0 aromatic heterocycles. The number of nitrogens with one attached hydrogen (secondary N) is 1. The zero-order valence-electron chi connectivity index (χ0n) is 13.9. The van der Waals surface area contributed by atoms with Crippen LogP contribution in [0.1, 0.15) is 42.3 Å². The molecular weight excluding hydrogens is 308 g/mol. The molecule has 4 heteroatoms. The molecule has 0 aliphatic carbocycles. The van der Waals surface area contributed by atoms with Gasteiger partial charge in [0.1, 0.15) is 0 Å². The third-order valence-corrected chi connectivity index (χ3v) is 3.69. The molecule has 124 valence electrons. The lowest BCUT2D eigenvalue weighted by molar-refractivity contribution is 0.0954. The Morgan fingerprint density at radius 2 is 1.57 bits per heavy atom. The van der Waals surface area contributed by atoms with E-state index in [-0.39, 0.29) is 23.7 Å². The van der Waals surface area contributed by atoms with E-state index in [1.54, 1.807) is 24.3 Å². The molecule has 1 amide bonds. The van der Waals surface area contributed by atoms with Gasteiger partial charge in [0.15, 0.2) is 0 Å². The van der Waals surface area contributed by atoms with Crippen LogP contribution in [0.4, 0.5) is 5.69 Å². The molecule has 3 N–H and O–H groups in total. The van der Waals surface area contributed by atoms with Gasteiger partial charge in [0.25, 0.3) is 5.91 Å². The number of hydrogen-bond acceptors (Lipinski definition) is 2. The molecule has 0 atom stereocenters. The molecule has 23 heavy (non-hydrogen) atoms. The number of anilines is 1. The molecule has 0 unspecified atom stereocenters. The molecule has 0 aliphatic rings. The lowest BCUT2D eigenvalue weighted by Crippen LogP contribution is -2.25. The van der Waals surface area contributed by atoms with Crippen LogP contribution in [-0.2, 0) is 11.8 Å². The minimum atomic E-state index is -0.0636. The van der Waals surface area contributed by atoms with Gasteiger partial charge < -0.3 is 11.1 Å². The van der Waals surface area contributed by atoms with E-state index in [1.807, 2.05) is 0 Å². The summed E-state index contributed by atoms with van der Waals surface area (Å²) in [5.74, 6) is -0.0636. The van der Waals surface area contributed by atoms with Gasteiger partial charge >= 0.3 is 0 Å². The second kappa shape index (κ2) is 8.02. The Morgan fingerprint density at radius 1 is 1.00 bits per heavy atom. The third-order valence-electron chi connectivity index (χ3n) is 3.69. The van der Waals surface area contributed by atoms with E-state index in [4.69, 9.17) is 5.73 Å². The monoisotopic (exact) mass is 332 g/mol. The summed E-state index contributed by atoms with van der Waals surface area (Å²) in [4.78, 5) is 12.0. The highest BCUT2D eigenvalue weighted by Crippen LogP contribution is 2.22. The quantitative estimate of drug-likeness (QED) is 0.833. The predicted octanol–water partition coefficient (Wildman–Crippen LogP) is 3.96. The van der Waals surface area contributed by atoms with Crippen molar-refractivity contribution in [3.05, 3.63) is 65.2 Å². The van der Waals surface area contributed by atoms with Crippen LogP contribution >= 0.6 is 12.4 Å². The van der Waals surface area contributed by atoms with Gasteiger partial charge in [0, 0.05) is 17.8 Å². The molecule has 3 nitrogen and oxygen atoms in total. The van der Waals surface area contributed by atoms with Gasteiger partial charge in [0.05, 0.1) is 0 Å². The fraction of sp³-hybridized carbons (Fsp3) is 0.316. The first-order chi connectivity index (χ1) is 10.4. The lowest BCUT2D eigenvalue weighted by atomic mass is 9.86. The van der Waals surface area contributed by atoms with Gasteiger partial charge in [-0.05, 0) is 47.2 Å². The van der Waals surface area contributed by atoms with Crippen LogP contribution < -0.4 is 11.1 Å². The maximum atomic E-state index is 12.0. The highest BCUT2D eigenvalue weighted by molar-refractivity contribution is 5.94. The molecule has 0 fully saturated rings. The molecule has 2 aromatic carbocycles. The van der Waals surface area contributed by atoms with Crippen LogP contribution in [0.15, 0.2) is 48.5 Å². The van der Waals surface area contributed by atoms with Crippen molar-refractivity contribution in [3.63, 3.8) is 0 Å². The smallest absolute Gasteiger partial charge is 0.251 e. The first kappa shape index (κ1) is 19.0. The molecule has 0 aliphatic heterocycles. The van der Waals surface area contributed by atoms with Crippen LogP contribution in [0.25, 0.3) is 0 Å². The minimum Gasteiger partial charge on any atom is -0.399 e. The standard InChI is InChI=1S/C19H24N2O.ClH/c1-19(2,3)16-8-4-14(5-9-16)12-13-21-18(22)15-6-10-17(20)11-7-15;/h4-11H,12-13,20H2,1-3H3,(H,21,22);1H. The van der Waals surface area contributed by atoms with Crippen LogP contribution in [0.5, 0.6) is 0 Å². The summed E-state index contributed by atoms with van der Waals surface area (Å²) >= 11 is 0. The molecule has 0 bridgehead atoms. The Morgan fingerprint density at radius 3 is 2.09 bits per heavy atom. The molecular formula is C19H25ClN2O. The normalized spacial score (nSPS) is 10.7. The van der Waals surface area contributed by atoms with Crippen molar-refractivity contribution in [2.45, 2.75) is 32.6 Å². The largest absolute Gasteiger partial charge is 0.399 e. The van der Waals surface area contributed by atoms with Crippen molar-refractivity contribution in [3.8, 4) is 0 Å². The maximum absolute atomic E-state index is 12.0.